The van der Waals surface area contributed by atoms with E-state index in [-0.39, 0.29) is 0 Å². The van der Waals surface area contributed by atoms with Crippen LogP contribution in [0.3, 0.4) is 0 Å². The Hall–Kier alpha value is -6.24. The van der Waals surface area contributed by atoms with Crippen molar-refractivity contribution in [3.05, 3.63) is 194 Å². The van der Waals surface area contributed by atoms with Gasteiger partial charge in [-0.1, -0.05) is 182 Å². The van der Waals surface area contributed by atoms with Gasteiger partial charge in [0.2, 0.25) is 0 Å². The van der Waals surface area contributed by atoms with E-state index in [9.17, 15) is 0 Å². The molecule has 9 rings (SSSR count). The molecule has 0 amide bonds. The highest BCUT2D eigenvalue weighted by atomic mass is 14.2. The number of benzene rings is 9. The maximum Gasteiger partial charge on any atom is -0.00262 e. The van der Waals surface area contributed by atoms with Gasteiger partial charge < -0.3 is 0 Å². The van der Waals surface area contributed by atoms with E-state index in [1.165, 1.54) is 88.0 Å². The molecule has 0 saturated carbocycles. The Kier molecular flexibility index (Phi) is 6.91. The first-order valence-corrected chi connectivity index (χ1v) is 16.6. The van der Waals surface area contributed by atoms with Crippen molar-refractivity contribution in [2.45, 2.75) is 0 Å². The normalized spacial score (nSPS) is 11.3. The summed E-state index contributed by atoms with van der Waals surface area (Å²) in [6.07, 6.45) is 0. The lowest BCUT2D eigenvalue weighted by molar-refractivity contribution is 1.57. The molecule has 0 aliphatic carbocycles. The molecular formula is C48H32. The highest BCUT2D eigenvalue weighted by Gasteiger charge is 2.17. The third-order valence-electron chi connectivity index (χ3n) is 9.66. The van der Waals surface area contributed by atoms with Gasteiger partial charge in [-0.25, -0.2) is 0 Å². The van der Waals surface area contributed by atoms with Crippen LogP contribution < -0.4 is 0 Å². The zero-order valence-corrected chi connectivity index (χ0v) is 26.5. The Morgan fingerprint density at radius 2 is 0.562 bits per heavy atom. The molecule has 0 heterocycles. The number of hydrogen-bond acceptors (Lipinski definition) is 0. The predicted molar refractivity (Wildman–Crippen MR) is 206 cm³/mol. The molecule has 224 valence electrons. The van der Waals surface area contributed by atoms with Gasteiger partial charge in [0.15, 0.2) is 0 Å². The first-order valence-electron chi connectivity index (χ1n) is 16.6. The first-order chi connectivity index (χ1) is 23.8. The third-order valence-corrected chi connectivity index (χ3v) is 9.66. The fourth-order valence-electron chi connectivity index (χ4n) is 7.29. The molecule has 48 heavy (non-hydrogen) atoms. The van der Waals surface area contributed by atoms with Crippen LogP contribution in [0.1, 0.15) is 0 Å². The summed E-state index contributed by atoms with van der Waals surface area (Å²) in [6, 6.07) is 70.7. The molecule has 0 aliphatic heterocycles. The van der Waals surface area contributed by atoms with E-state index in [0.717, 1.165) is 0 Å². The van der Waals surface area contributed by atoms with Crippen molar-refractivity contribution < 1.29 is 0 Å². The van der Waals surface area contributed by atoms with E-state index < -0.39 is 0 Å². The third kappa shape index (κ3) is 4.96. The summed E-state index contributed by atoms with van der Waals surface area (Å²) in [5.74, 6) is 0. The number of fused-ring (bicyclic) bond motifs is 3. The maximum absolute atomic E-state index is 2.34. The van der Waals surface area contributed by atoms with Crippen molar-refractivity contribution in [2.24, 2.45) is 0 Å². The van der Waals surface area contributed by atoms with Crippen LogP contribution in [0.5, 0.6) is 0 Å². The van der Waals surface area contributed by atoms with Gasteiger partial charge in [-0.05, 0) is 100 Å². The molecule has 0 bridgehead atoms. The van der Waals surface area contributed by atoms with Crippen LogP contribution in [0, 0.1) is 0 Å². The van der Waals surface area contributed by atoms with Gasteiger partial charge >= 0.3 is 0 Å². The first kappa shape index (κ1) is 28.0. The lowest BCUT2D eigenvalue weighted by Crippen LogP contribution is -1.91. The van der Waals surface area contributed by atoms with E-state index >= 15 is 0 Å². The van der Waals surface area contributed by atoms with Crippen molar-refractivity contribution in [1.82, 2.24) is 0 Å². The molecule has 9 aromatic carbocycles. The van der Waals surface area contributed by atoms with Crippen molar-refractivity contribution in [2.75, 3.05) is 0 Å². The zero-order chi connectivity index (χ0) is 31.9. The minimum atomic E-state index is 1.21. The average molecular weight is 609 g/mol. The van der Waals surface area contributed by atoms with E-state index in [4.69, 9.17) is 0 Å². The van der Waals surface area contributed by atoms with Crippen molar-refractivity contribution in [3.63, 3.8) is 0 Å². The van der Waals surface area contributed by atoms with Crippen molar-refractivity contribution in [3.8, 4) is 55.6 Å². The summed E-state index contributed by atoms with van der Waals surface area (Å²) < 4.78 is 0. The van der Waals surface area contributed by atoms with Crippen molar-refractivity contribution >= 4 is 32.3 Å². The molecule has 0 aliphatic rings. The highest BCUT2D eigenvalue weighted by molar-refractivity contribution is 6.21. The fourth-order valence-corrected chi connectivity index (χ4v) is 7.29. The van der Waals surface area contributed by atoms with Gasteiger partial charge in [0.1, 0.15) is 0 Å². The number of hydrogen-bond donors (Lipinski definition) is 0. The molecule has 0 heteroatoms. The van der Waals surface area contributed by atoms with Crippen LogP contribution >= 0.6 is 0 Å². The summed E-state index contributed by atoms with van der Waals surface area (Å²) in [5, 5.41) is 7.61. The van der Waals surface area contributed by atoms with Gasteiger partial charge in [0.05, 0.1) is 0 Å². The zero-order valence-electron chi connectivity index (χ0n) is 26.5. The van der Waals surface area contributed by atoms with Gasteiger partial charge in [-0.15, -0.1) is 0 Å². The molecule has 0 N–H and O–H groups in total. The molecule has 0 spiro atoms. The summed E-state index contributed by atoms with van der Waals surface area (Å²) in [7, 11) is 0. The summed E-state index contributed by atoms with van der Waals surface area (Å²) in [4.78, 5) is 0. The van der Waals surface area contributed by atoms with Gasteiger partial charge in [-0.2, -0.15) is 0 Å². The van der Waals surface area contributed by atoms with Crippen LogP contribution in [-0.2, 0) is 0 Å². The van der Waals surface area contributed by atoms with E-state index in [1.807, 2.05) is 0 Å². The topological polar surface area (TPSA) is 0 Å². The monoisotopic (exact) mass is 608 g/mol. The van der Waals surface area contributed by atoms with E-state index in [0.29, 0.717) is 0 Å². The van der Waals surface area contributed by atoms with Crippen LogP contribution in [0.25, 0.3) is 88.0 Å². The molecule has 0 saturated heterocycles. The Labute approximate surface area is 281 Å². The quantitative estimate of drug-likeness (QED) is 0.171. The molecule has 0 nitrogen and oxygen atoms in total. The predicted octanol–water partition coefficient (Wildman–Crippen LogP) is 13.5. The minimum absolute atomic E-state index is 1.21. The fraction of sp³-hybridized carbons (Fsp3) is 0. The van der Waals surface area contributed by atoms with E-state index in [1.54, 1.807) is 0 Å². The Balaban J connectivity index is 1.11. The minimum Gasteiger partial charge on any atom is -0.0622 e. The van der Waals surface area contributed by atoms with Crippen molar-refractivity contribution in [1.29, 1.82) is 0 Å². The van der Waals surface area contributed by atoms with Crippen LogP contribution in [0.4, 0.5) is 0 Å². The Bertz CT molecular complexity index is 2520. The summed E-state index contributed by atoms with van der Waals surface area (Å²) in [6.45, 7) is 0. The molecular weight excluding hydrogens is 577 g/mol. The maximum atomic E-state index is 2.34. The van der Waals surface area contributed by atoms with Gasteiger partial charge in [0, 0.05) is 0 Å². The second kappa shape index (κ2) is 11.8. The average Bonchev–Trinajstić information content (AvgIpc) is 3.17. The van der Waals surface area contributed by atoms with Gasteiger partial charge in [0.25, 0.3) is 0 Å². The van der Waals surface area contributed by atoms with Crippen LogP contribution in [0.2, 0.25) is 0 Å². The SMILES string of the molecule is c1ccc(-c2ccc(-c3cccc(-c4ccc(-c5c6ccccc6c(-c6ccc7ccccc7c6)c6ccccc56)cc4)c3)cc2)cc1. The molecule has 0 radical (unpaired) electrons. The Morgan fingerprint density at radius 1 is 0.188 bits per heavy atom. The molecule has 9 aromatic rings. The smallest absolute Gasteiger partial charge is 0.00262 e. The molecule has 0 unspecified atom stereocenters. The van der Waals surface area contributed by atoms with Crippen LogP contribution in [0.15, 0.2) is 194 Å². The summed E-state index contributed by atoms with van der Waals surface area (Å²) >= 11 is 0. The second-order valence-corrected chi connectivity index (χ2v) is 12.5. The number of rotatable bonds is 5. The van der Waals surface area contributed by atoms with Gasteiger partial charge in [-0.3, -0.25) is 0 Å². The lowest BCUT2D eigenvalue weighted by atomic mass is 9.85. The lowest BCUT2D eigenvalue weighted by Gasteiger charge is -2.18. The second-order valence-electron chi connectivity index (χ2n) is 12.5. The standard InChI is InChI=1S/C48H32/c1-2-11-33(12-3-1)35-21-23-36(24-22-35)40-15-10-16-41(31-40)37-25-28-38(29-26-37)47-43-17-6-8-19-45(43)48(46-20-9-7-18-44(46)47)42-30-27-34-13-4-5-14-39(34)32-42/h1-32H. The van der Waals surface area contributed by atoms with Crippen LogP contribution in [-0.4, -0.2) is 0 Å². The summed E-state index contributed by atoms with van der Waals surface area (Å²) in [5.41, 5.74) is 12.4. The highest BCUT2D eigenvalue weighted by Crippen LogP contribution is 2.44. The van der Waals surface area contributed by atoms with E-state index in [2.05, 4.69) is 194 Å². The Morgan fingerprint density at radius 3 is 1.12 bits per heavy atom. The molecule has 0 aromatic heterocycles. The molecule has 0 atom stereocenters. The largest absolute Gasteiger partial charge is 0.0622 e. The molecule has 0 fully saturated rings.